The molecule has 2 nitrogen and oxygen atoms in total. The normalized spacial score (nSPS) is 11.2. The number of imidazole rings is 1. The second-order valence-corrected chi connectivity index (χ2v) is 5.91. The maximum atomic E-state index is 4.70. The first-order valence-electron chi connectivity index (χ1n) is 5.38. The van der Waals surface area contributed by atoms with Crippen LogP contribution in [0, 0.1) is 13.8 Å². The molecule has 0 N–H and O–H groups in total. The summed E-state index contributed by atoms with van der Waals surface area (Å²) in [6, 6.07) is 10.3. The summed E-state index contributed by atoms with van der Waals surface area (Å²) in [5.41, 5.74) is 3.42. The van der Waals surface area contributed by atoms with Crippen molar-refractivity contribution in [3.8, 4) is 11.3 Å². The smallest absolute Gasteiger partial charge is 0.195 e. The Morgan fingerprint density at radius 2 is 1.88 bits per heavy atom. The van der Waals surface area contributed by atoms with Gasteiger partial charge in [-0.05, 0) is 29.8 Å². The second kappa shape index (κ2) is 3.96. The van der Waals surface area contributed by atoms with E-state index in [1.54, 1.807) is 11.3 Å². The van der Waals surface area contributed by atoms with E-state index in [1.165, 1.54) is 10.6 Å². The minimum Gasteiger partial charge on any atom is -0.281 e. The van der Waals surface area contributed by atoms with E-state index in [2.05, 4.69) is 46.3 Å². The first kappa shape index (κ1) is 11.0. The van der Waals surface area contributed by atoms with Crippen molar-refractivity contribution in [1.82, 2.24) is 9.38 Å². The third-order valence-electron chi connectivity index (χ3n) is 2.93. The van der Waals surface area contributed by atoms with Crippen molar-refractivity contribution < 1.29 is 0 Å². The molecule has 2 heterocycles. The van der Waals surface area contributed by atoms with Crippen molar-refractivity contribution in [3.05, 3.63) is 45.5 Å². The Kier molecular flexibility index (Phi) is 2.56. The molecule has 17 heavy (non-hydrogen) atoms. The fourth-order valence-electron chi connectivity index (χ4n) is 1.89. The number of nitrogens with zero attached hydrogens (tertiary/aromatic N) is 2. The molecule has 3 aromatic rings. The Labute approximate surface area is 112 Å². The molecule has 0 fully saturated rings. The van der Waals surface area contributed by atoms with Crippen molar-refractivity contribution in [2.75, 3.05) is 0 Å². The van der Waals surface area contributed by atoms with Crippen molar-refractivity contribution in [3.63, 3.8) is 0 Å². The van der Waals surface area contributed by atoms with E-state index in [4.69, 9.17) is 4.98 Å². The number of aromatic nitrogens is 2. The predicted molar refractivity (Wildman–Crippen MR) is 75.7 cm³/mol. The van der Waals surface area contributed by atoms with Crippen molar-refractivity contribution in [2.24, 2.45) is 0 Å². The monoisotopic (exact) mass is 306 g/mol. The first-order chi connectivity index (χ1) is 8.18. The van der Waals surface area contributed by atoms with Crippen LogP contribution in [0.3, 0.4) is 0 Å². The van der Waals surface area contributed by atoms with E-state index < -0.39 is 0 Å². The molecule has 0 bridgehead atoms. The third kappa shape index (κ3) is 1.63. The van der Waals surface area contributed by atoms with Gasteiger partial charge in [0.15, 0.2) is 4.96 Å². The predicted octanol–water partition coefficient (Wildman–Crippen LogP) is 4.44. The van der Waals surface area contributed by atoms with Crippen LogP contribution < -0.4 is 0 Å². The van der Waals surface area contributed by atoms with Gasteiger partial charge in [0.2, 0.25) is 0 Å². The van der Waals surface area contributed by atoms with Crippen LogP contribution in [-0.4, -0.2) is 9.38 Å². The van der Waals surface area contributed by atoms with Gasteiger partial charge < -0.3 is 0 Å². The van der Waals surface area contributed by atoms with Crippen molar-refractivity contribution >= 4 is 32.2 Å². The first-order valence-corrected chi connectivity index (χ1v) is 6.99. The SMILES string of the molecule is Cc1sc2nc(-c3ccccc3)c(Br)n2c1C. The molecular formula is C13H11BrN2S. The molecule has 3 rings (SSSR count). The Bertz CT molecular complexity index is 682. The van der Waals surface area contributed by atoms with E-state index in [0.717, 1.165) is 20.8 Å². The molecule has 2 aromatic heterocycles. The van der Waals surface area contributed by atoms with Gasteiger partial charge in [0.25, 0.3) is 0 Å². The zero-order chi connectivity index (χ0) is 12.0. The number of fused-ring (bicyclic) bond motifs is 1. The van der Waals surface area contributed by atoms with E-state index in [9.17, 15) is 0 Å². The van der Waals surface area contributed by atoms with Crippen LogP contribution >= 0.6 is 27.3 Å². The Morgan fingerprint density at radius 3 is 2.53 bits per heavy atom. The minimum absolute atomic E-state index is 1.01. The van der Waals surface area contributed by atoms with Gasteiger partial charge in [0, 0.05) is 16.1 Å². The van der Waals surface area contributed by atoms with Crippen LogP contribution in [0.1, 0.15) is 10.6 Å². The minimum atomic E-state index is 1.01. The summed E-state index contributed by atoms with van der Waals surface area (Å²) in [5, 5.41) is 0. The van der Waals surface area contributed by atoms with E-state index in [0.29, 0.717) is 0 Å². The van der Waals surface area contributed by atoms with Crippen LogP contribution in [0.15, 0.2) is 34.9 Å². The number of hydrogen-bond donors (Lipinski definition) is 0. The molecule has 0 saturated heterocycles. The van der Waals surface area contributed by atoms with Crippen LogP contribution in [-0.2, 0) is 0 Å². The second-order valence-electron chi connectivity index (χ2n) is 3.98. The molecule has 0 amide bonds. The van der Waals surface area contributed by atoms with Gasteiger partial charge in [-0.2, -0.15) is 0 Å². The molecule has 86 valence electrons. The molecule has 0 radical (unpaired) electrons. The summed E-state index contributed by atoms with van der Waals surface area (Å²) in [6.07, 6.45) is 0. The number of rotatable bonds is 1. The molecule has 0 aliphatic carbocycles. The van der Waals surface area contributed by atoms with E-state index in [1.807, 2.05) is 18.2 Å². The number of aryl methyl sites for hydroxylation is 2. The molecular weight excluding hydrogens is 296 g/mol. The lowest BCUT2D eigenvalue weighted by Crippen LogP contribution is -1.85. The van der Waals surface area contributed by atoms with Gasteiger partial charge in [0.05, 0.1) is 0 Å². The Hall–Kier alpha value is -1.13. The Morgan fingerprint density at radius 1 is 1.18 bits per heavy atom. The molecule has 0 atom stereocenters. The summed E-state index contributed by atoms with van der Waals surface area (Å²) >= 11 is 5.39. The molecule has 0 spiro atoms. The van der Waals surface area contributed by atoms with Gasteiger partial charge >= 0.3 is 0 Å². The lowest BCUT2D eigenvalue weighted by atomic mass is 10.2. The van der Waals surface area contributed by atoms with Gasteiger partial charge in [-0.1, -0.05) is 30.3 Å². The maximum Gasteiger partial charge on any atom is 0.195 e. The van der Waals surface area contributed by atoms with Gasteiger partial charge in [-0.3, -0.25) is 4.40 Å². The maximum absolute atomic E-state index is 4.70. The van der Waals surface area contributed by atoms with Crippen molar-refractivity contribution in [1.29, 1.82) is 0 Å². The van der Waals surface area contributed by atoms with Crippen LogP contribution in [0.5, 0.6) is 0 Å². The zero-order valence-electron chi connectivity index (χ0n) is 9.57. The topological polar surface area (TPSA) is 17.3 Å². The molecule has 0 aliphatic heterocycles. The number of thiazole rings is 1. The highest BCUT2D eigenvalue weighted by Crippen LogP contribution is 2.33. The van der Waals surface area contributed by atoms with Crippen LogP contribution in [0.2, 0.25) is 0 Å². The van der Waals surface area contributed by atoms with Crippen LogP contribution in [0.25, 0.3) is 16.2 Å². The summed E-state index contributed by atoms with van der Waals surface area (Å²) in [4.78, 5) is 7.06. The third-order valence-corrected chi connectivity index (χ3v) is 4.72. The highest BCUT2D eigenvalue weighted by molar-refractivity contribution is 9.10. The summed E-state index contributed by atoms with van der Waals surface area (Å²) < 4.78 is 3.21. The largest absolute Gasteiger partial charge is 0.281 e. The molecule has 0 saturated carbocycles. The molecule has 0 aliphatic rings. The van der Waals surface area contributed by atoms with E-state index in [-0.39, 0.29) is 0 Å². The molecule has 0 unspecified atom stereocenters. The van der Waals surface area contributed by atoms with E-state index >= 15 is 0 Å². The quantitative estimate of drug-likeness (QED) is 0.649. The summed E-state index contributed by atoms with van der Waals surface area (Å²) in [5.74, 6) is 0. The van der Waals surface area contributed by atoms with Crippen LogP contribution in [0.4, 0.5) is 0 Å². The lowest BCUT2D eigenvalue weighted by Gasteiger charge is -1.98. The van der Waals surface area contributed by atoms with Crippen molar-refractivity contribution in [2.45, 2.75) is 13.8 Å². The van der Waals surface area contributed by atoms with Gasteiger partial charge in [-0.25, -0.2) is 4.98 Å². The lowest BCUT2D eigenvalue weighted by molar-refractivity contribution is 1.09. The summed E-state index contributed by atoms with van der Waals surface area (Å²) in [7, 11) is 0. The molecule has 1 aromatic carbocycles. The fraction of sp³-hybridized carbons (Fsp3) is 0.154. The van der Waals surface area contributed by atoms with Gasteiger partial charge in [-0.15, -0.1) is 11.3 Å². The number of halogens is 1. The Balaban J connectivity index is 2.30. The summed E-state index contributed by atoms with van der Waals surface area (Å²) in [6.45, 7) is 4.25. The zero-order valence-corrected chi connectivity index (χ0v) is 12.0. The average Bonchev–Trinajstić information content (AvgIpc) is 2.80. The van der Waals surface area contributed by atoms with Gasteiger partial charge in [0.1, 0.15) is 10.3 Å². The highest BCUT2D eigenvalue weighted by atomic mass is 79.9. The fourth-order valence-corrected chi connectivity index (χ4v) is 3.73. The number of benzene rings is 1. The molecule has 4 heteroatoms. The highest BCUT2D eigenvalue weighted by Gasteiger charge is 2.15. The standard InChI is InChI=1S/C13H11BrN2S/c1-8-9(2)17-13-15-11(12(14)16(8)13)10-6-4-3-5-7-10/h3-7H,1-2H3. The number of hydrogen-bond acceptors (Lipinski definition) is 2. The average molecular weight is 307 g/mol.